The Hall–Kier alpha value is -1.72. The Morgan fingerprint density at radius 3 is 2.78 bits per heavy atom. The van der Waals surface area contributed by atoms with Crippen molar-refractivity contribution >= 4 is 17.5 Å². The number of carbonyl (C=O) groups excluding carboxylic acids is 1. The molecule has 0 aliphatic rings. The number of carbonyl (C=O) groups is 1. The Morgan fingerprint density at radius 2 is 2.22 bits per heavy atom. The lowest BCUT2D eigenvalue weighted by molar-refractivity contribution is -0.776. The van der Waals surface area contributed by atoms with E-state index in [1.54, 1.807) is 0 Å². The highest BCUT2D eigenvalue weighted by Gasteiger charge is 2.19. The predicted molar refractivity (Wildman–Crippen MR) is 72.2 cm³/mol. The summed E-state index contributed by atoms with van der Waals surface area (Å²) in [5, 5.41) is 5.52. The molecule has 102 valence electrons. The monoisotopic (exact) mass is 254 g/mol. The molecule has 0 saturated carbocycles. The zero-order valence-corrected chi connectivity index (χ0v) is 11.7. The van der Waals surface area contributed by atoms with Gasteiger partial charge >= 0.3 is 6.03 Å². The molecule has 1 aromatic heterocycles. The summed E-state index contributed by atoms with van der Waals surface area (Å²) in [6.45, 7) is 7.80. The minimum Gasteiger partial charge on any atom is -0.379 e. The molecule has 0 saturated heterocycles. The number of hydrogen-bond donors (Lipinski definition) is 3. The third kappa shape index (κ3) is 3.65. The maximum absolute atomic E-state index is 11.6. The first-order valence-corrected chi connectivity index (χ1v) is 6.35. The van der Waals surface area contributed by atoms with Crippen LogP contribution in [0.3, 0.4) is 0 Å². The summed E-state index contributed by atoms with van der Waals surface area (Å²) in [7, 11) is 1.88. The van der Waals surface area contributed by atoms with E-state index < -0.39 is 0 Å². The van der Waals surface area contributed by atoms with Crippen molar-refractivity contribution in [1.29, 1.82) is 0 Å². The molecule has 0 unspecified atom stereocenters. The van der Waals surface area contributed by atoms with E-state index in [0.29, 0.717) is 24.0 Å². The summed E-state index contributed by atoms with van der Waals surface area (Å²) in [4.78, 5) is 11.6. The Morgan fingerprint density at radius 1 is 1.56 bits per heavy atom. The summed E-state index contributed by atoms with van der Waals surface area (Å²) in [5.41, 5.74) is 6.60. The Balaban J connectivity index is 2.74. The number of anilines is 2. The topological polar surface area (TPSA) is 76.0 Å². The smallest absolute Gasteiger partial charge is 0.319 e. The summed E-state index contributed by atoms with van der Waals surface area (Å²) < 4.78 is 3.84. The second kappa shape index (κ2) is 6.28. The highest BCUT2D eigenvalue weighted by molar-refractivity contribution is 5.91. The highest BCUT2D eigenvalue weighted by atomic mass is 16.2. The lowest BCUT2D eigenvalue weighted by atomic mass is 10.2. The van der Waals surface area contributed by atoms with Gasteiger partial charge in [0.05, 0.1) is 7.05 Å². The van der Waals surface area contributed by atoms with Crippen molar-refractivity contribution in [2.75, 3.05) is 17.6 Å². The number of aromatic nitrogens is 2. The summed E-state index contributed by atoms with van der Waals surface area (Å²) in [6, 6.07) is -0.217. The van der Waals surface area contributed by atoms with E-state index in [2.05, 4.69) is 24.5 Å². The molecule has 1 rings (SSSR count). The minimum absolute atomic E-state index is 0.217. The summed E-state index contributed by atoms with van der Waals surface area (Å²) in [5.74, 6) is 1.08. The van der Waals surface area contributed by atoms with Gasteiger partial charge in [0, 0.05) is 12.5 Å². The van der Waals surface area contributed by atoms with Crippen LogP contribution < -0.4 is 21.0 Å². The highest BCUT2D eigenvalue weighted by Crippen LogP contribution is 2.15. The fourth-order valence-corrected chi connectivity index (χ4v) is 1.67. The third-order valence-electron chi connectivity index (χ3n) is 2.62. The molecule has 0 aliphatic carbocycles. The van der Waals surface area contributed by atoms with Gasteiger partial charge in [-0.2, -0.15) is 0 Å². The Bertz CT molecular complexity index is 411. The van der Waals surface area contributed by atoms with Crippen LogP contribution in [-0.4, -0.2) is 17.3 Å². The molecule has 18 heavy (non-hydrogen) atoms. The second-order valence-electron chi connectivity index (χ2n) is 4.85. The third-order valence-corrected chi connectivity index (χ3v) is 2.62. The van der Waals surface area contributed by atoms with Crippen molar-refractivity contribution < 1.29 is 9.48 Å². The normalized spacial score (nSPS) is 10.7. The molecule has 0 aromatic carbocycles. The number of amides is 2. The Labute approximate surface area is 108 Å². The maximum atomic E-state index is 11.6. The number of nitrogens with two attached hydrogens (primary N) is 1. The molecule has 6 nitrogen and oxygen atoms in total. The van der Waals surface area contributed by atoms with Crippen LogP contribution in [0.1, 0.15) is 27.2 Å². The Kier molecular flexibility index (Phi) is 5.00. The van der Waals surface area contributed by atoms with Crippen LogP contribution >= 0.6 is 0 Å². The van der Waals surface area contributed by atoms with Gasteiger partial charge in [-0.25, -0.2) is 4.79 Å². The van der Waals surface area contributed by atoms with E-state index in [1.165, 1.54) is 0 Å². The summed E-state index contributed by atoms with van der Waals surface area (Å²) in [6.07, 6.45) is 2.77. The molecule has 0 radical (unpaired) electrons. The lowest BCUT2D eigenvalue weighted by Gasteiger charge is -2.03. The fourth-order valence-electron chi connectivity index (χ4n) is 1.67. The molecule has 0 atom stereocenters. The van der Waals surface area contributed by atoms with E-state index in [1.807, 2.05) is 29.5 Å². The standard InChI is InChI=1S/C12H23N5O/c1-5-6-14-12(18)15-10-8-17(7-9(2)3)16(4)11(10)13/h8-9,13H,5-7H2,1-4H3,(H2,14,15,18)/p+1. The van der Waals surface area contributed by atoms with Crippen LogP contribution in [-0.2, 0) is 13.6 Å². The van der Waals surface area contributed by atoms with Crippen LogP contribution in [0.4, 0.5) is 16.3 Å². The van der Waals surface area contributed by atoms with Gasteiger partial charge in [0.1, 0.15) is 0 Å². The molecule has 0 spiro atoms. The molecule has 1 aromatic rings. The van der Waals surface area contributed by atoms with E-state index >= 15 is 0 Å². The van der Waals surface area contributed by atoms with Gasteiger partial charge in [-0.3, -0.25) is 5.32 Å². The first-order chi connectivity index (χ1) is 8.45. The van der Waals surface area contributed by atoms with Crippen molar-refractivity contribution in [1.82, 2.24) is 10.00 Å². The number of urea groups is 1. The van der Waals surface area contributed by atoms with Crippen LogP contribution in [0.5, 0.6) is 0 Å². The average molecular weight is 254 g/mol. The molecule has 6 heteroatoms. The molecule has 0 bridgehead atoms. The lowest BCUT2D eigenvalue weighted by Crippen LogP contribution is -2.43. The zero-order chi connectivity index (χ0) is 13.7. The number of hydrogen-bond acceptors (Lipinski definition) is 2. The van der Waals surface area contributed by atoms with Crippen molar-refractivity contribution in [2.24, 2.45) is 13.0 Å². The van der Waals surface area contributed by atoms with Crippen LogP contribution in [0.25, 0.3) is 0 Å². The largest absolute Gasteiger partial charge is 0.379 e. The first-order valence-electron chi connectivity index (χ1n) is 6.35. The number of nitrogens with one attached hydrogen (secondary N) is 2. The van der Waals surface area contributed by atoms with Gasteiger partial charge in [0.15, 0.2) is 18.1 Å². The van der Waals surface area contributed by atoms with E-state index in [4.69, 9.17) is 5.73 Å². The summed E-state index contributed by atoms with van der Waals surface area (Å²) >= 11 is 0. The molecular weight excluding hydrogens is 230 g/mol. The van der Waals surface area contributed by atoms with Crippen LogP contribution in [0, 0.1) is 5.92 Å². The minimum atomic E-state index is -0.217. The van der Waals surface area contributed by atoms with Gasteiger partial charge in [-0.1, -0.05) is 20.8 Å². The molecular formula is C12H24N5O+. The van der Waals surface area contributed by atoms with Crippen molar-refractivity contribution in [3.05, 3.63) is 6.20 Å². The number of rotatable bonds is 5. The first kappa shape index (κ1) is 14.3. The molecule has 4 N–H and O–H groups in total. The van der Waals surface area contributed by atoms with Gasteiger partial charge in [-0.15, -0.1) is 9.36 Å². The molecule has 0 aliphatic heterocycles. The predicted octanol–water partition coefficient (Wildman–Crippen LogP) is 1.08. The molecule has 2 amide bonds. The quantitative estimate of drug-likeness (QED) is 0.688. The van der Waals surface area contributed by atoms with Crippen molar-refractivity contribution in [2.45, 2.75) is 33.7 Å². The number of nitrogen functional groups attached to an aromatic ring is 1. The fraction of sp³-hybridized carbons (Fsp3) is 0.667. The average Bonchev–Trinajstić information content (AvgIpc) is 2.54. The van der Waals surface area contributed by atoms with Crippen molar-refractivity contribution in [3.63, 3.8) is 0 Å². The van der Waals surface area contributed by atoms with Crippen LogP contribution in [0.15, 0.2) is 6.20 Å². The zero-order valence-electron chi connectivity index (χ0n) is 11.7. The maximum Gasteiger partial charge on any atom is 0.319 e. The van der Waals surface area contributed by atoms with Gasteiger partial charge in [0.25, 0.3) is 0 Å². The van der Waals surface area contributed by atoms with Gasteiger partial charge in [0.2, 0.25) is 6.20 Å². The van der Waals surface area contributed by atoms with Gasteiger partial charge in [-0.05, 0) is 6.42 Å². The second-order valence-corrected chi connectivity index (χ2v) is 4.85. The van der Waals surface area contributed by atoms with Gasteiger partial charge < -0.3 is 11.1 Å². The van der Waals surface area contributed by atoms with Crippen molar-refractivity contribution in [3.8, 4) is 0 Å². The molecule has 0 fully saturated rings. The molecule has 1 heterocycles. The van der Waals surface area contributed by atoms with E-state index in [-0.39, 0.29) is 6.03 Å². The van der Waals surface area contributed by atoms with Crippen LogP contribution in [0.2, 0.25) is 0 Å². The van der Waals surface area contributed by atoms with E-state index in [0.717, 1.165) is 13.0 Å². The number of nitrogens with zero attached hydrogens (tertiary/aromatic N) is 2. The SMILES string of the molecule is CCCNC(=O)Nc1c[n+](CC(C)C)n(C)c1N. The van der Waals surface area contributed by atoms with E-state index in [9.17, 15) is 4.79 Å².